The average Bonchev–Trinajstić information content (AvgIpc) is 2.82. The van der Waals surface area contributed by atoms with E-state index in [0.29, 0.717) is 24.5 Å². The van der Waals surface area contributed by atoms with E-state index in [1.54, 1.807) is 17.9 Å². The maximum Gasteiger partial charge on any atom is 0.332 e. The summed E-state index contributed by atoms with van der Waals surface area (Å²) < 4.78 is 2.10. The van der Waals surface area contributed by atoms with Gasteiger partial charge in [0, 0.05) is 31.5 Å². The zero-order valence-corrected chi connectivity index (χ0v) is 20.0. The maximum atomic E-state index is 13.5. The summed E-state index contributed by atoms with van der Waals surface area (Å²) >= 11 is 0. The van der Waals surface area contributed by atoms with E-state index in [-0.39, 0.29) is 22.5 Å². The van der Waals surface area contributed by atoms with Crippen LogP contribution in [-0.2, 0) is 18.4 Å². The van der Waals surface area contributed by atoms with Crippen LogP contribution in [0.2, 0.25) is 0 Å². The van der Waals surface area contributed by atoms with Crippen LogP contribution in [0.3, 0.4) is 0 Å². The number of aryl methyl sites for hydroxylation is 4. The summed E-state index contributed by atoms with van der Waals surface area (Å²) in [7, 11) is 1.49. The molecule has 0 unspecified atom stereocenters. The molecule has 0 spiro atoms. The molecular weight excluding hydrogens is 434 g/mol. The molecule has 1 fully saturated rings. The number of fused-ring (bicyclic) bond motifs is 1. The molecule has 0 atom stereocenters. The largest absolute Gasteiger partial charge is 0.339 e. The quantitative estimate of drug-likeness (QED) is 0.639. The zero-order chi connectivity index (χ0) is 24.6. The summed E-state index contributed by atoms with van der Waals surface area (Å²) in [6.45, 7) is 6.24. The fourth-order valence-corrected chi connectivity index (χ4v) is 4.51. The number of hydrogen-bond donors (Lipinski definition) is 1. The second-order valence-electron chi connectivity index (χ2n) is 8.91. The number of carbonyl (C=O) groups is 2. The van der Waals surface area contributed by atoms with Crippen LogP contribution in [0.25, 0.3) is 11.0 Å². The van der Waals surface area contributed by atoms with Gasteiger partial charge in [-0.15, -0.1) is 0 Å². The van der Waals surface area contributed by atoms with E-state index in [4.69, 9.17) is 0 Å². The first kappa shape index (κ1) is 23.4. The number of amides is 2. The maximum absolute atomic E-state index is 13.5. The van der Waals surface area contributed by atoms with Crippen molar-refractivity contribution in [3.8, 4) is 0 Å². The number of nitrogens with one attached hydrogen (secondary N) is 1. The minimum absolute atomic E-state index is 0.0585. The van der Waals surface area contributed by atoms with E-state index < -0.39 is 23.7 Å². The third kappa shape index (κ3) is 4.25. The lowest BCUT2D eigenvalue weighted by atomic mass is 10.1. The summed E-state index contributed by atoms with van der Waals surface area (Å²) in [5.41, 5.74) is 1.94. The highest BCUT2D eigenvalue weighted by Crippen LogP contribution is 2.20. The van der Waals surface area contributed by atoms with E-state index in [0.717, 1.165) is 35.0 Å². The minimum atomic E-state index is -0.692. The molecule has 0 aliphatic carbocycles. The third-order valence-electron chi connectivity index (χ3n) is 6.34. The Morgan fingerprint density at radius 3 is 2.32 bits per heavy atom. The van der Waals surface area contributed by atoms with Crippen molar-refractivity contribution < 1.29 is 9.59 Å². The SMILES string of the molecule is Cc1cc(C(=O)N2CCCCC2)c2c(=O)n(CC(=O)Nc3c(C)cccc3C)c(=O)n(C)c2n1. The van der Waals surface area contributed by atoms with Gasteiger partial charge in [0.2, 0.25) is 5.91 Å². The number of anilines is 1. The molecular formula is C25H29N5O4. The van der Waals surface area contributed by atoms with E-state index in [9.17, 15) is 19.2 Å². The summed E-state index contributed by atoms with van der Waals surface area (Å²) in [5, 5.41) is 2.87. The van der Waals surface area contributed by atoms with E-state index in [2.05, 4.69) is 10.3 Å². The highest BCUT2D eigenvalue weighted by atomic mass is 16.2. The van der Waals surface area contributed by atoms with Crippen molar-refractivity contribution in [1.82, 2.24) is 19.0 Å². The van der Waals surface area contributed by atoms with Crippen molar-refractivity contribution in [3.63, 3.8) is 0 Å². The van der Waals surface area contributed by atoms with Gasteiger partial charge < -0.3 is 10.2 Å². The number of nitrogens with zero attached hydrogens (tertiary/aromatic N) is 4. The van der Waals surface area contributed by atoms with E-state index in [1.165, 1.54) is 11.6 Å². The molecule has 1 N–H and O–H groups in total. The van der Waals surface area contributed by atoms with Gasteiger partial charge in [-0.1, -0.05) is 18.2 Å². The zero-order valence-electron chi connectivity index (χ0n) is 20.0. The van der Waals surface area contributed by atoms with Crippen LogP contribution in [0.1, 0.15) is 46.4 Å². The summed E-state index contributed by atoms with van der Waals surface area (Å²) in [5.74, 6) is -0.752. The monoisotopic (exact) mass is 463 g/mol. The van der Waals surface area contributed by atoms with Crippen molar-refractivity contribution in [2.24, 2.45) is 7.05 Å². The number of pyridine rings is 1. The molecule has 9 nitrogen and oxygen atoms in total. The Morgan fingerprint density at radius 1 is 1.03 bits per heavy atom. The van der Waals surface area contributed by atoms with E-state index in [1.807, 2.05) is 32.0 Å². The Balaban J connectivity index is 1.80. The topological polar surface area (TPSA) is 106 Å². The van der Waals surface area contributed by atoms with Crippen molar-refractivity contribution in [3.05, 3.63) is 67.5 Å². The number of aromatic nitrogens is 3. The molecule has 4 rings (SSSR count). The molecule has 3 aromatic rings. The molecule has 2 aromatic heterocycles. The molecule has 1 saturated heterocycles. The van der Waals surface area contributed by atoms with Crippen molar-refractivity contribution in [2.45, 2.75) is 46.6 Å². The number of hydrogen-bond acceptors (Lipinski definition) is 5. The normalized spacial score (nSPS) is 13.8. The lowest BCUT2D eigenvalue weighted by Crippen LogP contribution is -2.43. The van der Waals surface area contributed by atoms with Gasteiger partial charge in [0.05, 0.1) is 10.9 Å². The molecule has 1 aromatic carbocycles. The van der Waals surface area contributed by atoms with Gasteiger partial charge in [0.25, 0.3) is 11.5 Å². The number of likely N-dealkylation sites (tertiary alicyclic amines) is 1. The van der Waals surface area contributed by atoms with Gasteiger partial charge in [-0.3, -0.25) is 23.5 Å². The van der Waals surface area contributed by atoms with Gasteiger partial charge in [-0.05, 0) is 57.2 Å². The first-order valence-corrected chi connectivity index (χ1v) is 11.5. The first-order chi connectivity index (χ1) is 16.2. The third-order valence-corrected chi connectivity index (χ3v) is 6.34. The molecule has 1 aliphatic rings. The van der Waals surface area contributed by atoms with Gasteiger partial charge in [-0.25, -0.2) is 9.78 Å². The predicted octanol–water partition coefficient (Wildman–Crippen LogP) is 2.29. The summed E-state index contributed by atoms with van der Waals surface area (Å²) in [6, 6.07) is 7.22. The second-order valence-corrected chi connectivity index (χ2v) is 8.91. The molecule has 0 bridgehead atoms. The van der Waals surface area contributed by atoms with Crippen molar-refractivity contribution in [2.75, 3.05) is 18.4 Å². The Morgan fingerprint density at radius 2 is 1.68 bits per heavy atom. The number of piperidine rings is 1. The average molecular weight is 464 g/mol. The van der Waals surface area contributed by atoms with Gasteiger partial charge in [0.15, 0.2) is 0 Å². The van der Waals surface area contributed by atoms with Gasteiger partial charge in [-0.2, -0.15) is 0 Å². The molecule has 3 heterocycles. The molecule has 34 heavy (non-hydrogen) atoms. The Kier molecular flexibility index (Phi) is 6.37. The number of carbonyl (C=O) groups excluding carboxylic acids is 2. The lowest BCUT2D eigenvalue weighted by molar-refractivity contribution is -0.116. The molecule has 9 heteroatoms. The lowest BCUT2D eigenvalue weighted by Gasteiger charge is -2.27. The highest BCUT2D eigenvalue weighted by Gasteiger charge is 2.25. The van der Waals surface area contributed by atoms with Crippen molar-refractivity contribution >= 4 is 28.5 Å². The number of benzene rings is 1. The summed E-state index contributed by atoms with van der Waals surface area (Å²) in [4.78, 5) is 58.8. The van der Waals surface area contributed by atoms with Crippen LogP contribution < -0.4 is 16.6 Å². The van der Waals surface area contributed by atoms with Crippen molar-refractivity contribution in [1.29, 1.82) is 0 Å². The van der Waals surface area contributed by atoms with E-state index >= 15 is 0 Å². The van der Waals surface area contributed by atoms with Crippen LogP contribution in [-0.4, -0.2) is 43.9 Å². The standard InChI is InChI=1S/C25H29N5O4/c1-15-9-8-10-16(2)21(15)27-19(31)14-30-24(33)20-18(23(32)29-11-6-5-7-12-29)13-17(3)26-22(20)28(4)25(30)34/h8-10,13H,5-7,11-12,14H2,1-4H3,(H,27,31). The fraction of sp³-hybridized carbons (Fsp3) is 0.400. The Labute approximate surface area is 197 Å². The minimum Gasteiger partial charge on any atom is -0.339 e. The first-order valence-electron chi connectivity index (χ1n) is 11.5. The Bertz CT molecular complexity index is 1390. The van der Waals surface area contributed by atoms with Crippen LogP contribution in [0, 0.1) is 20.8 Å². The smallest absolute Gasteiger partial charge is 0.332 e. The molecule has 2 amide bonds. The van der Waals surface area contributed by atoms with Crippen LogP contribution >= 0.6 is 0 Å². The molecule has 1 aliphatic heterocycles. The van der Waals surface area contributed by atoms with Gasteiger partial charge in [0.1, 0.15) is 12.2 Å². The van der Waals surface area contributed by atoms with Gasteiger partial charge >= 0.3 is 5.69 Å². The van der Waals surface area contributed by atoms with Crippen LogP contribution in [0.4, 0.5) is 5.69 Å². The molecule has 178 valence electrons. The predicted molar refractivity (Wildman–Crippen MR) is 130 cm³/mol. The molecule has 0 radical (unpaired) electrons. The van der Waals surface area contributed by atoms with Crippen LogP contribution in [0.5, 0.6) is 0 Å². The molecule has 0 saturated carbocycles. The second kappa shape index (κ2) is 9.24. The number of para-hydroxylation sites is 1. The highest BCUT2D eigenvalue weighted by molar-refractivity contribution is 6.05. The van der Waals surface area contributed by atoms with Crippen LogP contribution in [0.15, 0.2) is 33.9 Å². The summed E-state index contributed by atoms with van der Waals surface area (Å²) in [6.07, 6.45) is 2.89. The number of rotatable bonds is 4. The fourth-order valence-electron chi connectivity index (χ4n) is 4.51. The Hall–Kier alpha value is -3.75.